The summed E-state index contributed by atoms with van der Waals surface area (Å²) >= 11 is 0. The molecular weight excluding hydrogens is 483 g/mol. The number of methoxy groups -OCH3 is 1. The van der Waals surface area contributed by atoms with Gasteiger partial charge in [0.05, 0.1) is 13.7 Å². The van der Waals surface area contributed by atoms with Crippen molar-refractivity contribution >= 4 is 35.6 Å². The lowest BCUT2D eigenvalue weighted by molar-refractivity contribution is 0.311. The van der Waals surface area contributed by atoms with Crippen molar-refractivity contribution < 1.29 is 9.47 Å². The molecule has 0 saturated heterocycles. The Morgan fingerprint density at radius 3 is 2.72 bits per heavy atom. The van der Waals surface area contributed by atoms with Gasteiger partial charge in [0.15, 0.2) is 23.3 Å². The normalized spacial score (nSPS) is 10.8. The third kappa shape index (κ3) is 6.08. The molecule has 1 heterocycles. The van der Waals surface area contributed by atoms with E-state index in [1.807, 2.05) is 43.3 Å². The number of H-pyrrole nitrogens is 1. The average molecular weight is 508 g/mol. The van der Waals surface area contributed by atoms with Gasteiger partial charge in [-0.3, -0.25) is 10.1 Å². The topological polar surface area (TPSA) is 96.5 Å². The highest BCUT2D eigenvalue weighted by atomic mass is 127. The van der Waals surface area contributed by atoms with Crippen molar-refractivity contribution in [2.75, 3.05) is 26.1 Å². The number of nitrogens with one attached hydrogen (secondary N) is 3. The summed E-state index contributed by atoms with van der Waals surface area (Å²) in [5.41, 5.74) is 2.93. The largest absolute Gasteiger partial charge is 0.493 e. The van der Waals surface area contributed by atoms with Gasteiger partial charge in [-0.2, -0.15) is 5.10 Å². The molecule has 9 heteroatoms. The summed E-state index contributed by atoms with van der Waals surface area (Å²) in [4.78, 5) is 8.46. The van der Waals surface area contributed by atoms with Crippen LogP contribution < -0.4 is 20.1 Å². The number of benzene rings is 2. The Hall–Kier alpha value is -2.82. The van der Waals surface area contributed by atoms with Crippen molar-refractivity contribution in [3.63, 3.8) is 0 Å². The van der Waals surface area contributed by atoms with E-state index in [2.05, 4.69) is 36.9 Å². The standard InChI is InChI=1S/C20H24N6O2.HI/c1-4-28-17-9-8-16(11-18(17)27-3)25-20(21-2)22-12-14-6-5-7-15(10-14)19-23-13-24-26-19;/h5-11,13H,4,12H2,1-3H3,(H2,21,22,25)(H,23,24,26);1H. The van der Waals surface area contributed by atoms with Gasteiger partial charge in [0, 0.05) is 30.9 Å². The number of ether oxygens (including phenoxy) is 2. The van der Waals surface area contributed by atoms with Crippen molar-refractivity contribution in [2.45, 2.75) is 13.5 Å². The van der Waals surface area contributed by atoms with Crippen molar-refractivity contribution in [3.8, 4) is 22.9 Å². The Labute approximate surface area is 187 Å². The maximum atomic E-state index is 5.55. The number of halogens is 1. The SMILES string of the molecule is CCOc1ccc(NC(=NC)NCc2cccc(-c3ncn[nH]3)c2)cc1OC.I. The summed E-state index contributed by atoms with van der Waals surface area (Å²) < 4.78 is 10.9. The third-order valence-corrected chi connectivity index (χ3v) is 4.03. The molecule has 3 N–H and O–H groups in total. The van der Waals surface area contributed by atoms with E-state index in [4.69, 9.17) is 9.47 Å². The summed E-state index contributed by atoms with van der Waals surface area (Å²) in [7, 11) is 3.35. The van der Waals surface area contributed by atoms with Crippen LogP contribution in [0.15, 0.2) is 53.8 Å². The molecule has 3 aromatic rings. The van der Waals surface area contributed by atoms with Gasteiger partial charge in [-0.1, -0.05) is 18.2 Å². The van der Waals surface area contributed by atoms with Gasteiger partial charge in [0.25, 0.3) is 0 Å². The smallest absolute Gasteiger partial charge is 0.195 e. The lowest BCUT2D eigenvalue weighted by Gasteiger charge is -2.15. The molecule has 0 aliphatic rings. The summed E-state index contributed by atoms with van der Waals surface area (Å²) in [5.74, 6) is 2.77. The Morgan fingerprint density at radius 1 is 1.17 bits per heavy atom. The molecule has 0 aliphatic heterocycles. The summed E-state index contributed by atoms with van der Waals surface area (Å²) in [5, 5.41) is 13.3. The molecule has 29 heavy (non-hydrogen) atoms. The van der Waals surface area contributed by atoms with Crippen LogP contribution in [0.5, 0.6) is 11.5 Å². The maximum Gasteiger partial charge on any atom is 0.195 e. The molecule has 0 atom stereocenters. The van der Waals surface area contributed by atoms with E-state index in [9.17, 15) is 0 Å². The van der Waals surface area contributed by atoms with Gasteiger partial charge in [-0.25, -0.2) is 4.98 Å². The van der Waals surface area contributed by atoms with Crippen LogP contribution in [0.2, 0.25) is 0 Å². The second-order valence-electron chi connectivity index (χ2n) is 5.88. The zero-order valence-corrected chi connectivity index (χ0v) is 18.9. The van der Waals surface area contributed by atoms with Crippen molar-refractivity contribution in [1.82, 2.24) is 20.5 Å². The highest BCUT2D eigenvalue weighted by Crippen LogP contribution is 2.30. The van der Waals surface area contributed by atoms with Crippen LogP contribution in [0.25, 0.3) is 11.4 Å². The first-order chi connectivity index (χ1) is 13.7. The van der Waals surface area contributed by atoms with Crippen LogP contribution in [0.3, 0.4) is 0 Å². The number of hydrogen-bond donors (Lipinski definition) is 3. The molecule has 0 fully saturated rings. The van der Waals surface area contributed by atoms with Gasteiger partial charge in [-0.15, -0.1) is 24.0 Å². The van der Waals surface area contributed by atoms with Crippen LogP contribution in [-0.4, -0.2) is 41.9 Å². The number of aromatic nitrogens is 3. The van der Waals surface area contributed by atoms with Gasteiger partial charge in [0.1, 0.15) is 6.33 Å². The predicted molar refractivity (Wildman–Crippen MR) is 125 cm³/mol. The van der Waals surface area contributed by atoms with E-state index in [1.165, 1.54) is 6.33 Å². The maximum absolute atomic E-state index is 5.55. The monoisotopic (exact) mass is 508 g/mol. The minimum atomic E-state index is 0. The van der Waals surface area contributed by atoms with Crippen molar-refractivity contribution in [2.24, 2.45) is 4.99 Å². The van der Waals surface area contributed by atoms with Crippen LogP contribution in [-0.2, 0) is 6.54 Å². The zero-order valence-electron chi connectivity index (χ0n) is 16.6. The van der Waals surface area contributed by atoms with E-state index in [1.54, 1.807) is 14.2 Å². The Bertz CT molecular complexity index is 930. The van der Waals surface area contributed by atoms with E-state index in [0.29, 0.717) is 30.6 Å². The number of rotatable bonds is 7. The lowest BCUT2D eigenvalue weighted by atomic mass is 10.1. The Kier molecular flexibility index (Phi) is 8.71. The molecule has 0 amide bonds. The molecule has 0 radical (unpaired) electrons. The minimum Gasteiger partial charge on any atom is -0.493 e. The van der Waals surface area contributed by atoms with Crippen LogP contribution in [0, 0.1) is 0 Å². The van der Waals surface area contributed by atoms with E-state index in [0.717, 1.165) is 22.6 Å². The van der Waals surface area contributed by atoms with Crippen LogP contribution in [0.1, 0.15) is 12.5 Å². The highest BCUT2D eigenvalue weighted by Gasteiger charge is 2.07. The van der Waals surface area contributed by atoms with Crippen molar-refractivity contribution in [3.05, 3.63) is 54.4 Å². The van der Waals surface area contributed by atoms with Crippen molar-refractivity contribution in [1.29, 1.82) is 0 Å². The van der Waals surface area contributed by atoms with Gasteiger partial charge in [0.2, 0.25) is 0 Å². The molecular formula is C20H25IN6O2. The minimum absolute atomic E-state index is 0. The summed E-state index contributed by atoms with van der Waals surface area (Å²) in [6.45, 7) is 3.13. The number of guanidine groups is 1. The predicted octanol–water partition coefficient (Wildman–Crippen LogP) is 3.68. The average Bonchev–Trinajstić information content (AvgIpc) is 3.27. The fourth-order valence-electron chi connectivity index (χ4n) is 2.69. The zero-order chi connectivity index (χ0) is 19.8. The summed E-state index contributed by atoms with van der Waals surface area (Å²) in [6, 6.07) is 13.7. The Morgan fingerprint density at radius 2 is 2.03 bits per heavy atom. The quantitative estimate of drug-likeness (QED) is 0.256. The van der Waals surface area contributed by atoms with E-state index < -0.39 is 0 Å². The molecule has 0 spiro atoms. The molecule has 1 aromatic heterocycles. The molecule has 0 aliphatic carbocycles. The first kappa shape index (κ1) is 22.5. The van der Waals surface area contributed by atoms with Gasteiger partial charge in [-0.05, 0) is 30.7 Å². The number of hydrogen-bond acceptors (Lipinski definition) is 5. The molecule has 8 nitrogen and oxygen atoms in total. The summed E-state index contributed by atoms with van der Waals surface area (Å²) in [6.07, 6.45) is 1.50. The van der Waals surface area contributed by atoms with Crippen LogP contribution >= 0.6 is 24.0 Å². The molecule has 0 saturated carbocycles. The van der Waals surface area contributed by atoms with Gasteiger partial charge >= 0.3 is 0 Å². The number of anilines is 1. The number of aliphatic imine (C=N–C) groups is 1. The first-order valence-electron chi connectivity index (χ1n) is 8.96. The number of nitrogens with zero attached hydrogens (tertiary/aromatic N) is 3. The number of aromatic amines is 1. The molecule has 154 valence electrons. The molecule has 2 aromatic carbocycles. The van der Waals surface area contributed by atoms with E-state index in [-0.39, 0.29) is 24.0 Å². The lowest BCUT2D eigenvalue weighted by Crippen LogP contribution is -2.30. The molecule has 0 unspecified atom stereocenters. The third-order valence-electron chi connectivity index (χ3n) is 4.03. The molecule has 0 bridgehead atoms. The second kappa shape index (κ2) is 11.2. The molecule has 3 rings (SSSR count). The van der Waals surface area contributed by atoms with Crippen LogP contribution in [0.4, 0.5) is 5.69 Å². The van der Waals surface area contributed by atoms with Gasteiger partial charge < -0.3 is 20.1 Å². The Balaban J connectivity index is 0.00000300. The highest BCUT2D eigenvalue weighted by molar-refractivity contribution is 14.0. The first-order valence-corrected chi connectivity index (χ1v) is 8.96. The fraction of sp³-hybridized carbons (Fsp3) is 0.250. The van der Waals surface area contributed by atoms with E-state index >= 15 is 0 Å². The fourth-order valence-corrected chi connectivity index (χ4v) is 2.69. The second-order valence-corrected chi connectivity index (χ2v) is 5.88.